The number of carbonyl (C=O) groups is 1. The van der Waals surface area contributed by atoms with Gasteiger partial charge in [-0.2, -0.15) is 0 Å². The van der Waals surface area contributed by atoms with Crippen LogP contribution in [0.15, 0.2) is 49.2 Å². The number of nitrogens with zero attached hydrogens (tertiary/aromatic N) is 1. The third kappa shape index (κ3) is 4.78. The normalized spacial score (nSPS) is 12.1. The van der Waals surface area contributed by atoms with Crippen molar-refractivity contribution >= 4 is 28.4 Å². The molecule has 0 amide bonds. The van der Waals surface area contributed by atoms with Crippen molar-refractivity contribution in [1.82, 2.24) is 4.90 Å². The minimum absolute atomic E-state index is 0.270. The van der Waals surface area contributed by atoms with E-state index in [1.807, 2.05) is 19.3 Å². The molecule has 0 atom stereocenters. The number of benzene rings is 1. The van der Waals surface area contributed by atoms with Crippen LogP contribution in [-0.4, -0.2) is 17.7 Å². The second-order valence-electron chi connectivity index (χ2n) is 7.07. The lowest BCUT2D eigenvalue weighted by molar-refractivity contribution is 0.0985. The molecule has 0 aliphatic rings. The number of aryl methyl sites for hydroxylation is 1. The number of thiophene rings is 1. The van der Waals surface area contributed by atoms with Crippen LogP contribution in [0.5, 0.6) is 0 Å². The highest BCUT2D eigenvalue weighted by atomic mass is 32.1. The number of carbonyl (C=O) groups excluding carboxylic acids is 1. The van der Waals surface area contributed by atoms with Crippen LogP contribution in [0.25, 0.3) is 11.3 Å². The molecule has 2 aromatic rings. The van der Waals surface area contributed by atoms with Gasteiger partial charge in [0.05, 0.1) is 10.6 Å². The summed E-state index contributed by atoms with van der Waals surface area (Å²) in [5.41, 5.74) is 4.74. The summed E-state index contributed by atoms with van der Waals surface area (Å²) in [4.78, 5) is 16.8. The lowest BCUT2D eigenvalue weighted by atomic mass is 9.94. The summed E-state index contributed by atoms with van der Waals surface area (Å²) in [5.74, 6) is 0.590. The Morgan fingerprint density at radius 1 is 1.22 bits per heavy atom. The van der Waals surface area contributed by atoms with Gasteiger partial charge in [-0.1, -0.05) is 64.6 Å². The van der Waals surface area contributed by atoms with E-state index in [9.17, 15) is 4.79 Å². The van der Waals surface area contributed by atoms with Crippen molar-refractivity contribution in [3.63, 3.8) is 0 Å². The van der Waals surface area contributed by atoms with E-state index in [-0.39, 0.29) is 5.78 Å². The standard InChI is InChI=1S/C24H31NOS/c1-7-13-20(26)24-18(8-2)16-21(27-24)22(17(4)5)23(25(6)9-3)19-14-11-10-12-15-19/h9-12,14-17H,3,7-8,13H2,1-2,4-6H3/b23-22+. The first kappa shape index (κ1) is 21.2. The van der Waals surface area contributed by atoms with Gasteiger partial charge < -0.3 is 4.90 Å². The summed E-state index contributed by atoms with van der Waals surface area (Å²) in [6.07, 6.45) is 4.23. The van der Waals surface area contributed by atoms with E-state index >= 15 is 0 Å². The zero-order valence-corrected chi connectivity index (χ0v) is 18.0. The van der Waals surface area contributed by atoms with E-state index in [0.717, 1.165) is 29.0 Å². The fourth-order valence-corrected chi connectivity index (χ4v) is 4.73. The van der Waals surface area contributed by atoms with Crippen LogP contribution in [0.3, 0.4) is 0 Å². The van der Waals surface area contributed by atoms with Gasteiger partial charge >= 0.3 is 0 Å². The summed E-state index contributed by atoms with van der Waals surface area (Å²) in [6.45, 7) is 12.6. The van der Waals surface area contributed by atoms with E-state index in [1.54, 1.807) is 11.3 Å². The Labute approximate surface area is 168 Å². The van der Waals surface area contributed by atoms with Gasteiger partial charge in [-0.15, -0.1) is 11.3 Å². The maximum atomic E-state index is 12.6. The molecule has 0 bridgehead atoms. The molecule has 144 valence electrons. The Bertz CT molecular complexity index is 814. The Kier molecular flexibility index (Phi) is 7.61. The molecule has 0 saturated heterocycles. The zero-order valence-electron chi connectivity index (χ0n) is 17.2. The van der Waals surface area contributed by atoms with Gasteiger partial charge in [-0.3, -0.25) is 4.79 Å². The molecule has 0 unspecified atom stereocenters. The molecule has 0 spiro atoms. The third-order valence-corrected chi connectivity index (χ3v) is 5.94. The van der Waals surface area contributed by atoms with Crippen molar-refractivity contribution in [3.05, 3.63) is 70.1 Å². The number of hydrogen-bond acceptors (Lipinski definition) is 3. The SMILES string of the molecule is C=CN(C)/C(=C(/c1cc(CC)c(C(=O)CCC)s1)C(C)C)c1ccccc1. The van der Waals surface area contributed by atoms with E-state index < -0.39 is 0 Å². The van der Waals surface area contributed by atoms with Crippen molar-refractivity contribution < 1.29 is 4.79 Å². The Morgan fingerprint density at radius 3 is 2.41 bits per heavy atom. The molecular weight excluding hydrogens is 350 g/mol. The number of hydrogen-bond donors (Lipinski definition) is 0. The molecule has 1 aromatic heterocycles. The van der Waals surface area contributed by atoms with Crippen LogP contribution < -0.4 is 0 Å². The quantitative estimate of drug-likeness (QED) is 0.441. The zero-order chi connectivity index (χ0) is 20.0. The summed E-state index contributed by atoms with van der Waals surface area (Å²) >= 11 is 1.65. The Morgan fingerprint density at radius 2 is 1.89 bits per heavy atom. The van der Waals surface area contributed by atoms with Gasteiger partial charge in [-0.25, -0.2) is 0 Å². The first-order valence-corrected chi connectivity index (χ1v) is 10.6. The maximum Gasteiger partial charge on any atom is 0.173 e. The molecule has 3 heteroatoms. The fraction of sp³-hybridized carbons (Fsp3) is 0.375. The highest BCUT2D eigenvalue weighted by Crippen LogP contribution is 2.39. The molecular formula is C24H31NOS. The van der Waals surface area contributed by atoms with Crippen molar-refractivity contribution in [2.45, 2.75) is 47.0 Å². The highest BCUT2D eigenvalue weighted by molar-refractivity contribution is 7.15. The summed E-state index contributed by atoms with van der Waals surface area (Å²) < 4.78 is 0. The fourth-order valence-electron chi connectivity index (χ4n) is 3.31. The van der Waals surface area contributed by atoms with Gasteiger partial charge in [0.2, 0.25) is 0 Å². The molecule has 2 rings (SSSR count). The predicted octanol–water partition coefficient (Wildman–Crippen LogP) is 6.89. The van der Waals surface area contributed by atoms with E-state index in [2.05, 4.69) is 69.5 Å². The molecule has 1 heterocycles. The molecule has 0 aliphatic heterocycles. The Balaban J connectivity index is 2.73. The molecule has 0 fully saturated rings. The van der Waals surface area contributed by atoms with Crippen LogP contribution in [0, 0.1) is 5.92 Å². The summed E-state index contributed by atoms with van der Waals surface area (Å²) in [6, 6.07) is 12.7. The average molecular weight is 382 g/mol. The largest absolute Gasteiger partial charge is 0.351 e. The smallest absolute Gasteiger partial charge is 0.173 e. The van der Waals surface area contributed by atoms with Crippen molar-refractivity contribution in [3.8, 4) is 0 Å². The number of ketones is 1. The minimum atomic E-state index is 0.270. The van der Waals surface area contributed by atoms with E-state index in [1.165, 1.54) is 16.0 Å². The monoisotopic (exact) mass is 381 g/mol. The average Bonchev–Trinajstić information content (AvgIpc) is 3.09. The molecule has 0 radical (unpaired) electrons. The van der Waals surface area contributed by atoms with Gasteiger partial charge in [0.15, 0.2) is 5.78 Å². The van der Waals surface area contributed by atoms with Crippen LogP contribution in [0.4, 0.5) is 0 Å². The van der Waals surface area contributed by atoms with Crippen molar-refractivity contribution in [2.75, 3.05) is 7.05 Å². The van der Waals surface area contributed by atoms with E-state index in [0.29, 0.717) is 12.3 Å². The third-order valence-electron chi connectivity index (χ3n) is 4.69. The molecule has 0 saturated carbocycles. The van der Waals surface area contributed by atoms with Gasteiger partial charge in [0, 0.05) is 18.3 Å². The number of rotatable bonds is 9. The molecule has 0 aliphatic carbocycles. The topological polar surface area (TPSA) is 20.3 Å². The first-order chi connectivity index (χ1) is 12.9. The van der Waals surface area contributed by atoms with Gasteiger partial charge in [0.25, 0.3) is 0 Å². The lowest BCUT2D eigenvalue weighted by Gasteiger charge is -2.25. The maximum absolute atomic E-state index is 12.6. The van der Waals surface area contributed by atoms with Crippen LogP contribution in [0.2, 0.25) is 0 Å². The van der Waals surface area contributed by atoms with Crippen LogP contribution in [0.1, 0.15) is 66.2 Å². The van der Waals surface area contributed by atoms with Crippen molar-refractivity contribution in [2.24, 2.45) is 5.92 Å². The molecule has 1 aromatic carbocycles. The highest BCUT2D eigenvalue weighted by Gasteiger charge is 2.22. The van der Waals surface area contributed by atoms with E-state index in [4.69, 9.17) is 0 Å². The van der Waals surface area contributed by atoms with Crippen LogP contribution >= 0.6 is 11.3 Å². The minimum Gasteiger partial charge on any atom is -0.351 e. The number of Topliss-reactive ketones (excluding diaryl/α,β-unsaturated/α-hetero) is 1. The van der Waals surface area contributed by atoms with Crippen molar-refractivity contribution in [1.29, 1.82) is 0 Å². The lowest BCUT2D eigenvalue weighted by Crippen LogP contribution is -2.13. The second kappa shape index (κ2) is 9.70. The molecule has 0 N–H and O–H groups in total. The second-order valence-corrected chi connectivity index (χ2v) is 8.12. The first-order valence-electron chi connectivity index (χ1n) is 9.75. The summed E-state index contributed by atoms with van der Waals surface area (Å²) in [5, 5.41) is 0. The number of allylic oxidation sites excluding steroid dienone is 1. The van der Waals surface area contributed by atoms with Gasteiger partial charge in [-0.05, 0) is 47.7 Å². The van der Waals surface area contributed by atoms with Crippen LogP contribution in [-0.2, 0) is 6.42 Å². The van der Waals surface area contributed by atoms with Gasteiger partial charge in [0.1, 0.15) is 0 Å². The molecule has 27 heavy (non-hydrogen) atoms. The predicted molar refractivity (Wildman–Crippen MR) is 119 cm³/mol. The Hall–Kier alpha value is -2.13. The summed E-state index contributed by atoms with van der Waals surface area (Å²) in [7, 11) is 2.04. The molecule has 2 nitrogen and oxygen atoms in total.